The summed E-state index contributed by atoms with van der Waals surface area (Å²) in [6, 6.07) is 7.54. The van der Waals surface area contributed by atoms with E-state index in [9.17, 15) is 4.79 Å². The summed E-state index contributed by atoms with van der Waals surface area (Å²) in [5.41, 5.74) is 2.43. The molecule has 0 radical (unpaired) electrons. The second-order valence-corrected chi connectivity index (χ2v) is 5.62. The zero-order chi connectivity index (χ0) is 14.0. The third kappa shape index (κ3) is 3.28. The van der Waals surface area contributed by atoms with Gasteiger partial charge in [0.1, 0.15) is 5.03 Å². The summed E-state index contributed by atoms with van der Waals surface area (Å²) < 4.78 is 0. The highest BCUT2D eigenvalue weighted by molar-refractivity contribution is 7.99. The molecule has 1 aromatic carbocycles. The lowest BCUT2D eigenvalue weighted by Crippen LogP contribution is -1.97. The molecule has 0 atom stereocenters. The van der Waals surface area contributed by atoms with Crippen LogP contribution in [-0.2, 0) is 0 Å². The number of carbonyl (C=O) groups is 1. The number of aryl methyl sites for hydroxylation is 2. The Morgan fingerprint density at radius 3 is 2.63 bits per heavy atom. The van der Waals surface area contributed by atoms with Crippen molar-refractivity contribution in [2.75, 3.05) is 0 Å². The van der Waals surface area contributed by atoms with Gasteiger partial charge in [0, 0.05) is 11.1 Å². The molecule has 0 saturated carbocycles. The molecule has 0 amide bonds. The van der Waals surface area contributed by atoms with Crippen molar-refractivity contribution in [2.24, 2.45) is 0 Å². The SMILES string of the molecule is Cc1ccc(Sc2ncc(C(=O)O)cc2Cl)c(C)c1. The van der Waals surface area contributed by atoms with Crippen LogP contribution in [0.2, 0.25) is 5.02 Å². The number of hydrogen-bond donors (Lipinski definition) is 1. The Balaban J connectivity index is 2.31. The number of aromatic carboxylic acids is 1. The molecule has 0 spiro atoms. The topological polar surface area (TPSA) is 50.2 Å². The minimum atomic E-state index is -1.03. The highest BCUT2D eigenvalue weighted by atomic mass is 35.5. The summed E-state index contributed by atoms with van der Waals surface area (Å²) in [4.78, 5) is 16.0. The average molecular weight is 294 g/mol. The number of rotatable bonds is 3. The van der Waals surface area contributed by atoms with E-state index in [0.29, 0.717) is 10.0 Å². The highest BCUT2D eigenvalue weighted by Gasteiger charge is 2.10. The number of aromatic nitrogens is 1. The van der Waals surface area contributed by atoms with Crippen LogP contribution in [0.4, 0.5) is 0 Å². The van der Waals surface area contributed by atoms with Gasteiger partial charge >= 0.3 is 5.97 Å². The van der Waals surface area contributed by atoms with E-state index in [1.54, 1.807) is 0 Å². The molecule has 2 rings (SSSR count). The molecule has 0 aliphatic rings. The Hall–Kier alpha value is -1.52. The maximum atomic E-state index is 10.8. The van der Waals surface area contributed by atoms with Crippen LogP contribution in [0.3, 0.4) is 0 Å². The van der Waals surface area contributed by atoms with Crippen molar-refractivity contribution in [1.29, 1.82) is 0 Å². The molecule has 0 unspecified atom stereocenters. The van der Waals surface area contributed by atoms with E-state index in [4.69, 9.17) is 16.7 Å². The summed E-state index contributed by atoms with van der Waals surface area (Å²) in [6.07, 6.45) is 1.32. The van der Waals surface area contributed by atoms with Crippen molar-refractivity contribution in [3.05, 3.63) is 52.2 Å². The Kier molecular flexibility index (Phi) is 4.12. The standard InChI is InChI=1S/C14H12ClNO2S/c1-8-3-4-12(9(2)5-8)19-13-11(15)6-10(7-16-13)14(17)18/h3-7H,1-2H3,(H,17,18). The van der Waals surface area contributed by atoms with Crippen molar-refractivity contribution < 1.29 is 9.90 Å². The summed E-state index contributed by atoms with van der Waals surface area (Å²) in [6.45, 7) is 4.06. The van der Waals surface area contributed by atoms with Gasteiger partial charge in [-0.3, -0.25) is 0 Å². The van der Waals surface area contributed by atoms with Crippen molar-refractivity contribution in [1.82, 2.24) is 4.98 Å². The Labute approximate surface area is 120 Å². The molecule has 0 bridgehead atoms. The van der Waals surface area contributed by atoms with E-state index in [1.165, 1.54) is 29.6 Å². The molecule has 1 heterocycles. The first kappa shape index (κ1) is 13.9. The van der Waals surface area contributed by atoms with Crippen molar-refractivity contribution in [3.63, 3.8) is 0 Å². The van der Waals surface area contributed by atoms with Gasteiger partial charge in [-0.15, -0.1) is 0 Å². The first-order valence-corrected chi connectivity index (χ1v) is 6.81. The average Bonchev–Trinajstić information content (AvgIpc) is 2.34. The van der Waals surface area contributed by atoms with Crippen LogP contribution in [0.5, 0.6) is 0 Å². The van der Waals surface area contributed by atoms with Crippen LogP contribution in [0, 0.1) is 13.8 Å². The van der Waals surface area contributed by atoms with Gasteiger partial charge in [-0.25, -0.2) is 9.78 Å². The zero-order valence-electron chi connectivity index (χ0n) is 10.5. The van der Waals surface area contributed by atoms with E-state index < -0.39 is 5.97 Å². The first-order valence-electron chi connectivity index (χ1n) is 5.61. The van der Waals surface area contributed by atoms with Crippen LogP contribution in [-0.4, -0.2) is 16.1 Å². The molecule has 3 nitrogen and oxygen atoms in total. The molecule has 5 heteroatoms. The number of carboxylic acid groups (broad SMARTS) is 1. The van der Waals surface area contributed by atoms with Gasteiger partial charge < -0.3 is 5.11 Å². The van der Waals surface area contributed by atoms with Crippen molar-refractivity contribution in [2.45, 2.75) is 23.8 Å². The fourth-order valence-electron chi connectivity index (χ4n) is 1.64. The van der Waals surface area contributed by atoms with Gasteiger partial charge in [-0.2, -0.15) is 0 Å². The summed E-state index contributed by atoms with van der Waals surface area (Å²) in [5, 5.41) is 9.82. The third-order valence-electron chi connectivity index (χ3n) is 2.59. The summed E-state index contributed by atoms with van der Waals surface area (Å²) in [5.74, 6) is -1.03. The van der Waals surface area contributed by atoms with Crippen LogP contribution < -0.4 is 0 Å². The van der Waals surface area contributed by atoms with Gasteiger partial charge in [0.15, 0.2) is 0 Å². The number of benzene rings is 1. The van der Waals surface area contributed by atoms with Gasteiger partial charge in [0.05, 0.1) is 10.6 Å². The molecule has 0 aliphatic carbocycles. The highest BCUT2D eigenvalue weighted by Crippen LogP contribution is 2.34. The predicted octanol–water partition coefficient (Wildman–Crippen LogP) is 4.20. The number of hydrogen-bond acceptors (Lipinski definition) is 3. The van der Waals surface area contributed by atoms with Gasteiger partial charge in [0.2, 0.25) is 0 Å². The van der Waals surface area contributed by atoms with E-state index >= 15 is 0 Å². The molecular formula is C14H12ClNO2S. The minimum Gasteiger partial charge on any atom is -0.478 e. The molecule has 98 valence electrons. The Morgan fingerprint density at radius 2 is 2.05 bits per heavy atom. The maximum Gasteiger partial charge on any atom is 0.337 e. The molecule has 0 fully saturated rings. The number of halogens is 1. The molecule has 2 aromatic rings. The fourth-order valence-corrected chi connectivity index (χ4v) is 2.74. The number of carboxylic acids is 1. The van der Waals surface area contributed by atoms with Crippen LogP contribution in [0.1, 0.15) is 21.5 Å². The van der Waals surface area contributed by atoms with E-state index in [-0.39, 0.29) is 5.56 Å². The minimum absolute atomic E-state index is 0.0926. The fraction of sp³-hybridized carbons (Fsp3) is 0.143. The lowest BCUT2D eigenvalue weighted by Gasteiger charge is -2.07. The van der Waals surface area contributed by atoms with Crippen molar-refractivity contribution >= 4 is 29.3 Å². The number of nitrogens with zero attached hydrogens (tertiary/aromatic N) is 1. The lowest BCUT2D eigenvalue weighted by molar-refractivity contribution is 0.0696. The van der Waals surface area contributed by atoms with E-state index in [0.717, 1.165) is 10.5 Å². The molecular weight excluding hydrogens is 282 g/mol. The zero-order valence-corrected chi connectivity index (χ0v) is 12.0. The van der Waals surface area contributed by atoms with Crippen LogP contribution in [0.15, 0.2) is 40.4 Å². The second-order valence-electron chi connectivity index (χ2n) is 4.19. The smallest absolute Gasteiger partial charge is 0.337 e. The van der Waals surface area contributed by atoms with Gasteiger partial charge in [-0.1, -0.05) is 41.1 Å². The molecule has 0 aliphatic heterocycles. The molecule has 19 heavy (non-hydrogen) atoms. The molecule has 1 N–H and O–H groups in total. The Bertz CT molecular complexity index is 643. The summed E-state index contributed by atoms with van der Waals surface area (Å²) in [7, 11) is 0. The van der Waals surface area contributed by atoms with Gasteiger partial charge in [-0.05, 0) is 31.5 Å². The first-order chi connectivity index (χ1) is 8.97. The third-order valence-corrected chi connectivity index (χ3v) is 4.19. The molecule has 1 aromatic heterocycles. The number of pyridine rings is 1. The second kappa shape index (κ2) is 5.63. The monoisotopic (exact) mass is 293 g/mol. The lowest BCUT2D eigenvalue weighted by atomic mass is 10.2. The maximum absolute atomic E-state index is 10.8. The van der Waals surface area contributed by atoms with Crippen LogP contribution in [0.25, 0.3) is 0 Å². The Morgan fingerprint density at radius 1 is 1.32 bits per heavy atom. The van der Waals surface area contributed by atoms with Crippen LogP contribution >= 0.6 is 23.4 Å². The summed E-state index contributed by atoms with van der Waals surface area (Å²) >= 11 is 7.49. The van der Waals surface area contributed by atoms with E-state index in [2.05, 4.69) is 11.1 Å². The predicted molar refractivity (Wildman–Crippen MR) is 76.2 cm³/mol. The van der Waals surface area contributed by atoms with Crippen molar-refractivity contribution in [3.8, 4) is 0 Å². The van der Waals surface area contributed by atoms with Gasteiger partial charge in [0.25, 0.3) is 0 Å². The largest absolute Gasteiger partial charge is 0.478 e. The molecule has 0 saturated heterocycles. The normalized spacial score (nSPS) is 10.5. The van der Waals surface area contributed by atoms with E-state index in [1.807, 2.05) is 26.0 Å². The quantitative estimate of drug-likeness (QED) is 0.921.